The van der Waals surface area contributed by atoms with Gasteiger partial charge in [-0.1, -0.05) is 44.4 Å². The van der Waals surface area contributed by atoms with Crippen LogP contribution in [-0.2, 0) is 4.52 Å². The van der Waals surface area contributed by atoms with Gasteiger partial charge in [-0.25, -0.2) is 4.67 Å². The van der Waals surface area contributed by atoms with Crippen molar-refractivity contribution in [3.63, 3.8) is 0 Å². The molecule has 0 radical (unpaired) electrons. The summed E-state index contributed by atoms with van der Waals surface area (Å²) in [7, 11) is 4.08. The zero-order valence-electron chi connectivity index (χ0n) is 17.6. The van der Waals surface area contributed by atoms with Crippen molar-refractivity contribution in [2.24, 2.45) is 0 Å². The number of nitrogens with zero attached hydrogens (tertiary/aromatic N) is 3. The second kappa shape index (κ2) is 10.2. The Balaban J connectivity index is 1.49. The minimum Gasteiger partial charge on any atom is -0.327 e. The highest BCUT2D eigenvalue weighted by atomic mass is 31.2. The second-order valence-electron chi connectivity index (χ2n) is 8.76. The lowest BCUT2D eigenvalue weighted by molar-refractivity contribution is -0.890. The van der Waals surface area contributed by atoms with Crippen molar-refractivity contribution in [2.45, 2.75) is 57.9 Å². The number of fused-ring (bicyclic) bond motifs is 1. The van der Waals surface area contributed by atoms with E-state index < -0.39 is 8.45 Å². The molecule has 1 aromatic rings. The molecule has 0 aliphatic carbocycles. The molecular formula is C22H39N3OP+. The van der Waals surface area contributed by atoms with Crippen molar-refractivity contribution in [2.75, 3.05) is 51.6 Å². The molecule has 2 aliphatic heterocycles. The smallest absolute Gasteiger partial charge is 0.218 e. The van der Waals surface area contributed by atoms with Crippen LogP contribution in [-0.4, -0.2) is 62.1 Å². The predicted molar refractivity (Wildman–Crippen MR) is 117 cm³/mol. The summed E-state index contributed by atoms with van der Waals surface area (Å²) in [5, 5.41) is 0. The van der Waals surface area contributed by atoms with Gasteiger partial charge in [0.05, 0.1) is 20.6 Å². The molecule has 1 aromatic carbocycles. The van der Waals surface area contributed by atoms with Crippen molar-refractivity contribution in [1.82, 2.24) is 4.67 Å². The van der Waals surface area contributed by atoms with E-state index in [-0.39, 0.29) is 0 Å². The Hall–Kier alpha value is -0.670. The van der Waals surface area contributed by atoms with Crippen LogP contribution in [0.1, 0.15) is 51.9 Å². The Labute approximate surface area is 168 Å². The normalized spacial score (nSPS) is 23.1. The fourth-order valence-corrected chi connectivity index (χ4v) is 6.46. The average molecular weight is 393 g/mol. The first-order valence-electron chi connectivity index (χ1n) is 10.9. The lowest BCUT2D eigenvalue weighted by atomic mass is 10.1. The van der Waals surface area contributed by atoms with Gasteiger partial charge < -0.3 is 13.7 Å². The largest absolute Gasteiger partial charge is 0.327 e. The Morgan fingerprint density at radius 3 is 2.63 bits per heavy atom. The van der Waals surface area contributed by atoms with E-state index in [1.54, 1.807) is 0 Å². The highest BCUT2D eigenvalue weighted by molar-refractivity contribution is 7.52. The first kappa shape index (κ1) is 21.0. The maximum Gasteiger partial charge on any atom is 0.218 e. The van der Waals surface area contributed by atoms with Gasteiger partial charge in [-0.15, -0.1) is 0 Å². The van der Waals surface area contributed by atoms with Crippen LogP contribution in [0.3, 0.4) is 0 Å². The van der Waals surface area contributed by atoms with E-state index >= 15 is 0 Å². The minimum absolute atomic E-state index is 0.643. The SMILES string of the molecule is CCCCCCC[N+](C)(C)CCOP1N(c2ccccc2)C[C@@H]2CCCN21. The fraction of sp³-hybridized carbons (Fsp3) is 0.727. The van der Waals surface area contributed by atoms with E-state index in [1.807, 2.05) is 0 Å². The van der Waals surface area contributed by atoms with E-state index in [0.717, 1.165) is 24.2 Å². The molecule has 0 saturated carbocycles. The average Bonchev–Trinajstić information content (AvgIpc) is 3.24. The molecule has 152 valence electrons. The van der Waals surface area contributed by atoms with Gasteiger partial charge in [-0.2, -0.15) is 0 Å². The summed E-state index contributed by atoms with van der Waals surface area (Å²) in [4.78, 5) is 0. The standard InChI is InChI=1S/C22H39N3OP/c1-4-5-6-7-11-17-25(2,3)18-19-26-27-23-16-12-15-22(23)20-24(27)21-13-9-8-10-14-21/h8-10,13-14,22H,4-7,11-12,15-20H2,1-3H3/q+1/t22-,27?/m0/s1. The lowest BCUT2D eigenvalue weighted by Crippen LogP contribution is -2.43. The molecule has 0 spiro atoms. The highest BCUT2D eigenvalue weighted by Crippen LogP contribution is 2.56. The summed E-state index contributed by atoms with van der Waals surface area (Å²) in [6.07, 6.45) is 9.46. The van der Waals surface area contributed by atoms with Gasteiger partial charge >= 0.3 is 0 Å². The number of hydrogen-bond acceptors (Lipinski definition) is 3. The Bertz CT molecular complexity index is 554. The molecule has 27 heavy (non-hydrogen) atoms. The second-order valence-corrected chi connectivity index (χ2v) is 10.5. The Morgan fingerprint density at radius 1 is 1.07 bits per heavy atom. The molecule has 4 nitrogen and oxygen atoms in total. The van der Waals surface area contributed by atoms with E-state index in [4.69, 9.17) is 4.52 Å². The summed E-state index contributed by atoms with van der Waals surface area (Å²) in [6, 6.07) is 11.5. The van der Waals surface area contributed by atoms with Crippen LogP contribution >= 0.6 is 8.45 Å². The maximum absolute atomic E-state index is 6.57. The molecular weight excluding hydrogens is 353 g/mol. The van der Waals surface area contributed by atoms with Crippen molar-refractivity contribution in [1.29, 1.82) is 0 Å². The molecule has 0 bridgehead atoms. The minimum atomic E-state index is -0.643. The molecule has 2 saturated heterocycles. The summed E-state index contributed by atoms with van der Waals surface area (Å²) >= 11 is 0. The number of benzene rings is 1. The zero-order chi connectivity index (χ0) is 19.1. The topological polar surface area (TPSA) is 15.7 Å². The first-order chi connectivity index (χ1) is 13.1. The van der Waals surface area contributed by atoms with E-state index in [9.17, 15) is 0 Å². The third kappa shape index (κ3) is 5.90. The molecule has 2 heterocycles. The summed E-state index contributed by atoms with van der Waals surface area (Å²) in [6.45, 7) is 7.85. The molecule has 2 fully saturated rings. The molecule has 2 aliphatic rings. The molecule has 3 rings (SSSR count). The van der Waals surface area contributed by atoms with Crippen LogP contribution in [0, 0.1) is 0 Å². The van der Waals surface area contributed by atoms with Crippen LogP contribution in [0.15, 0.2) is 30.3 Å². The monoisotopic (exact) mass is 392 g/mol. The maximum atomic E-state index is 6.57. The van der Waals surface area contributed by atoms with Gasteiger partial charge in [0.15, 0.2) is 0 Å². The third-order valence-corrected chi connectivity index (χ3v) is 8.17. The molecule has 5 heteroatoms. The number of rotatable bonds is 11. The van der Waals surface area contributed by atoms with E-state index in [0.29, 0.717) is 6.04 Å². The van der Waals surface area contributed by atoms with Crippen LogP contribution < -0.4 is 4.67 Å². The highest BCUT2D eigenvalue weighted by Gasteiger charge is 2.44. The summed E-state index contributed by atoms with van der Waals surface area (Å²) < 4.78 is 12.8. The van der Waals surface area contributed by atoms with Crippen LogP contribution in [0.2, 0.25) is 0 Å². The zero-order valence-corrected chi connectivity index (χ0v) is 18.5. The van der Waals surface area contributed by atoms with E-state index in [2.05, 4.69) is 60.7 Å². The molecule has 0 amide bonds. The fourth-order valence-electron chi connectivity index (χ4n) is 4.21. The van der Waals surface area contributed by atoms with Gasteiger partial charge in [0.2, 0.25) is 8.45 Å². The van der Waals surface area contributed by atoms with Gasteiger partial charge in [0.25, 0.3) is 0 Å². The number of unbranched alkanes of at least 4 members (excludes halogenated alkanes) is 4. The quantitative estimate of drug-likeness (QED) is 0.290. The van der Waals surface area contributed by atoms with Crippen molar-refractivity contribution in [3.8, 4) is 0 Å². The number of anilines is 1. The van der Waals surface area contributed by atoms with Crippen molar-refractivity contribution >= 4 is 14.1 Å². The predicted octanol–water partition coefficient (Wildman–Crippen LogP) is 5.26. The Morgan fingerprint density at radius 2 is 1.85 bits per heavy atom. The van der Waals surface area contributed by atoms with Gasteiger partial charge in [-0.05, 0) is 37.8 Å². The van der Waals surface area contributed by atoms with Gasteiger partial charge in [-0.3, -0.25) is 0 Å². The Kier molecular flexibility index (Phi) is 7.96. The number of quaternary nitrogens is 1. The van der Waals surface area contributed by atoms with Crippen molar-refractivity contribution < 1.29 is 9.01 Å². The van der Waals surface area contributed by atoms with Crippen molar-refractivity contribution in [3.05, 3.63) is 30.3 Å². The molecule has 0 aromatic heterocycles. The molecule has 1 unspecified atom stereocenters. The summed E-state index contributed by atoms with van der Waals surface area (Å²) in [5.74, 6) is 0. The number of para-hydroxylation sites is 1. The van der Waals surface area contributed by atoms with Crippen LogP contribution in [0.25, 0.3) is 0 Å². The van der Waals surface area contributed by atoms with Gasteiger partial charge in [0.1, 0.15) is 13.2 Å². The van der Waals surface area contributed by atoms with E-state index in [1.165, 1.54) is 63.7 Å². The van der Waals surface area contributed by atoms with Gasteiger partial charge in [0, 0.05) is 24.8 Å². The summed E-state index contributed by atoms with van der Waals surface area (Å²) in [5.41, 5.74) is 1.32. The number of likely N-dealkylation sites (N-methyl/N-ethyl adjacent to an activating group) is 1. The van der Waals surface area contributed by atoms with Crippen LogP contribution in [0.5, 0.6) is 0 Å². The third-order valence-electron chi connectivity index (χ3n) is 5.98. The first-order valence-corrected chi connectivity index (χ1v) is 12.1. The lowest BCUT2D eigenvalue weighted by Gasteiger charge is -2.33. The van der Waals surface area contributed by atoms with Crippen LogP contribution in [0.4, 0.5) is 5.69 Å². The molecule has 2 atom stereocenters. The molecule has 0 N–H and O–H groups in total. The number of hydrogen-bond donors (Lipinski definition) is 0.